The lowest BCUT2D eigenvalue weighted by Crippen LogP contribution is -2.36. The number of benzene rings is 1. The number of anilines is 1. The second-order valence-electron chi connectivity index (χ2n) is 7.21. The van der Waals surface area contributed by atoms with Crippen LogP contribution < -0.4 is 20.5 Å². The summed E-state index contributed by atoms with van der Waals surface area (Å²) < 4.78 is 33.5. The Morgan fingerprint density at radius 2 is 2.00 bits per heavy atom. The fourth-order valence-electron chi connectivity index (χ4n) is 2.37. The Hall–Kier alpha value is -1.84. The van der Waals surface area contributed by atoms with Gasteiger partial charge in [-0.2, -0.15) is 0 Å². The molecule has 0 atom stereocenters. The van der Waals surface area contributed by atoms with Crippen LogP contribution in [-0.2, 0) is 14.8 Å². The smallest absolute Gasteiger partial charge is 0.210 e. The molecule has 1 aliphatic rings. The highest BCUT2D eigenvalue weighted by Crippen LogP contribution is 2.28. The van der Waals surface area contributed by atoms with Crippen molar-refractivity contribution < 1.29 is 17.9 Å². The zero-order chi connectivity index (χ0) is 20.4. The largest absolute Gasteiger partial charge is 0.491 e. The van der Waals surface area contributed by atoms with Crippen LogP contribution in [0.3, 0.4) is 0 Å². The summed E-state index contributed by atoms with van der Waals surface area (Å²) in [6.45, 7) is 6.21. The van der Waals surface area contributed by atoms with E-state index >= 15 is 0 Å². The number of nitrogens with zero attached hydrogens (tertiary/aromatic N) is 1. The summed E-state index contributed by atoms with van der Waals surface area (Å²) in [5, 5.41) is 11.2. The van der Waals surface area contributed by atoms with E-state index in [9.17, 15) is 8.42 Å². The van der Waals surface area contributed by atoms with Crippen molar-refractivity contribution >= 4 is 21.7 Å². The molecule has 1 aliphatic carbocycles. The van der Waals surface area contributed by atoms with Crippen LogP contribution >= 0.6 is 0 Å². The van der Waals surface area contributed by atoms with Crippen molar-refractivity contribution in [2.24, 2.45) is 16.0 Å². The van der Waals surface area contributed by atoms with Crippen LogP contribution in [0.25, 0.3) is 0 Å². The molecule has 1 fully saturated rings. The fraction of sp³-hybridized carbons (Fsp3) is 0.632. The molecule has 2 rings (SSSR count). The van der Waals surface area contributed by atoms with Gasteiger partial charge in [0.15, 0.2) is 5.96 Å². The van der Waals surface area contributed by atoms with Crippen molar-refractivity contribution in [3.8, 4) is 5.75 Å². The van der Waals surface area contributed by atoms with Crippen molar-refractivity contribution in [1.29, 1.82) is 0 Å². The van der Waals surface area contributed by atoms with Crippen LogP contribution in [0.2, 0.25) is 0 Å². The SMILES string of the molecule is CC(C)Oc1ccc(NC(=NCCCOCC2CC2)NCCS(N)(=O)=O)cc1. The molecule has 0 bridgehead atoms. The molecule has 0 heterocycles. The zero-order valence-electron chi connectivity index (χ0n) is 16.7. The molecule has 0 unspecified atom stereocenters. The molecule has 0 spiro atoms. The van der Waals surface area contributed by atoms with Gasteiger partial charge in [-0.3, -0.25) is 4.99 Å². The maximum atomic E-state index is 11.1. The number of guanidine groups is 1. The number of nitrogens with one attached hydrogen (secondary N) is 2. The second kappa shape index (κ2) is 11.2. The number of hydrogen-bond donors (Lipinski definition) is 3. The average molecular weight is 413 g/mol. The number of aliphatic imine (C=N–C) groups is 1. The Balaban J connectivity index is 1.85. The van der Waals surface area contributed by atoms with Crippen molar-refractivity contribution in [1.82, 2.24) is 5.32 Å². The maximum absolute atomic E-state index is 11.1. The lowest BCUT2D eigenvalue weighted by atomic mass is 10.3. The van der Waals surface area contributed by atoms with Gasteiger partial charge in [0, 0.05) is 32.0 Å². The minimum Gasteiger partial charge on any atom is -0.491 e. The summed E-state index contributed by atoms with van der Waals surface area (Å²) in [6, 6.07) is 7.51. The predicted octanol–water partition coefficient (Wildman–Crippen LogP) is 1.94. The topological polar surface area (TPSA) is 115 Å². The van der Waals surface area contributed by atoms with Gasteiger partial charge in [0.25, 0.3) is 0 Å². The lowest BCUT2D eigenvalue weighted by Gasteiger charge is -2.14. The van der Waals surface area contributed by atoms with Crippen molar-refractivity contribution in [2.75, 3.05) is 37.4 Å². The Morgan fingerprint density at radius 3 is 2.61 bits per heavy atom. The van der Waals surface area contributed by atoms with E-state index in [2.05, 4.69) is 15.6 Å². The molecule has 0 amide bonds. The Kier molecular flexibility index (Phi) is 9.01. The third-order valence-electron chi connectivity index (χ3n) is 3.94. The fourth-order valence-corrected chi connectivity index (χ4v) is 2.76. The monoisotopic (exact) mass is 412 g/mol. The summed E-state index contributed by atoms with van der Waals surface area (Å²) in [5.74, 6) is 1.87. The summed E-state index contributed by atoms with van der Waals surface area (Å²) >= 11 is 0. The first-order valence-corrected chi connectivity index (χ1v) is 11.4. The number of nitrogens with two attached hydrogens (primary N) is 1. The van der Waals surface area contributed by atoms with Crippen LogP contribution in [-0.4, -0.2) is 52.5 Å². The maximum Gasteiger partial charge on any atom is 0.210 e. The van der Waals surface area contributed by atoms with E-state index in [1.807, 2.05) is 38.1 Å². The third-order valence-corrected chi connectivity index (χ3v) is 4.71. The first-order valence-electron chi connectivity index (χ1n) is 9.72. The zero-order valence-corrected chi connectivity index (χ0v) is 17.5. The molecule has 0 aliphatic heterocycles. The van der Waals surface area contributed by atoms with Crippen LogP contribution in [0, 0.1) is 5.92 Å². The molecule has 1 saturated carbocycles. The third kappa shape index (κ3) is 10.5. The number of ether oxygens (including phenoxy) is 2. The molecule has 9 heteroatoms. The van der Waals surface area contributed by atoms with Crippen LogP contribution in [0.1, 0.15) is 33.1 Å². The number of sulfonamides is 1. The molecule has 1 aromatic carbocycles. The van der Waals surface area contributed by atoms with E-state index in [1.165, 1.54) is 12.8 Å². The molecular formula is C19H32N4O4S. The molecule has 158 valence electrons. The van der Waals surface area contributed by atoms with Gasteiger partial charge < -0.3 is 20.1 Å². The first-order chi connectivity index (χ1) is 13.3. The van der Waals surface area contributed by atoms with Gasteiger partial charge in [0.2, 0.25) is 10.0 Å². The van der Waals surface area contributed by atoms with Gasteiger partial charge in [-0.15, -0.1) is 0 Å². The highest BCUT2D eigenvalue weighted by molar-refractivity contribution is 7.89. The Morgan fingerprint density at radius 1 is 1.29 bits per heavy atom. The van der Waals surface area contributed by atoms with Crippen molar-refractivity contribution in [3.05, 3.63) is 24.3 Å². The number of hydrogen-bond acceptors (Lipinski definition) is 5. The normalized spacial score (nSPS) is 14.9. The van der Waals surface area contributed by atoms with Gasteiger partial charge in [-0.1, -0.05) is 0 Å². The highest BCUT2D eigenvalue weighted by atomic mass is 32.2. The van der Waals surface area contributed by atoms with Gasteiger partial charge in [0.1, 0.15) is 5.75 Å². The standard InChI is InChI=1S/C19H32N4O4S/c1-15(2)27-18-8-6-17(7-9-18)23-19(22-11-13-28(20,24)25)21-10-3-12-26-14-16-4-5-16/h6-9,15-16H,3-5,10-14H2,1-2H3,(H2,20,24,25)(H2,21,22,23). The van der Waals surface area contributed by atoms with E-state index in [0.29, 0.717) is 19.1 Å². The van der Waals surface area contributed by atoms with E-state index in [-0.39, 0.29) is 18.4 Å². The van der Waals surface area contributed by atoms with Gasteiger partial charge in [-0.05, 0) is 63.3 Å². The van der Waals surface area contributed by atoms with E-state index in [1.54, 1.807) is 0 Å². The van der Waals surface area contributed by atoms with Gasteiger partial charge in [0.05, 0.1) is 11.9 Å². The van der Waals surface area contributed by atoms with E-state index in [4.69, 9.17) is 14.6 Å². The molecule has 28 heavy (non-hydrogen) atoms. The summed E-state index contributed by atoms with van der Waals surface area (Å²) in [7, 11) is -3.53. The molecule has 0 saturated heterocycles. The van der Waals surface area contributed by atoms with Crippen molar-refractivity contribution in [3.63, 3.8) is 0 Å². The Bertz CT molecular complexity index is 716. The average Bonchev–Trinajstić information content (AvgIpc) is 3.42. The minimum absolute atomic E-state index is 0.109. The minimum atomic E-state index is -3.53. The van der Waals surface area contributed by atoms with Gasteiger partial charge >= 0.3 is 0 Å². The quantitative estimate of drug-likeness (QED) is 0.275. The molecule has 4 N–H and O–H groups in total. The Labute approximate surface area is 167 Å². The first kappa shape index (κ1) is 22.4. The van der Waals surface area contributed by atoms with Crippen LogP contribution in [0.5, 0.6) is 5.75 Å². The lowest BCUT2D eigenvalue weighted by molar-refractivity contribution is 0.123. The molecule has 1 aromatic rings. The van der Waals surface area contributed by atoms with Gasteiger partial charge in [-0.25, -0.2) is 13.6 Å². The molecular weight excluding hydrogens is 380 g/mol. The van der Waals surface area contributed by atoms with E-state index in [0.717, 1.165) is 30.4 Å². The second-order valence-corrected chi connectivity index (χ2v) is 8.95. The molecule has 0 radical (unpaired) electrons. The number of primary sulfonamides is 1. The number of rotatable bonds is 12. The van der Waals surface area contributed by atoms with Crippen LogP contribution in [0.4, 0.5) is 5.69 Å². The molecule has 0 aromatic heterocycles. The summed E-state index contributed by atoms with van der Waals surface area (Å²) in [5.41, 5.74) is 0.822. The predicted molar refractivity (Wildman–Crippen MR) is 112 cm³/mol. The summed E-state index contributed by atoms with van der Waals surface area (Å²) in [4.78, 5) is 4.49. The summed E-state index contributed by atoms with van der Waals surface area (Å²) in [6.07, 6.45) is 3.47. The van der Waals surface area contributed by atoms with Crippen LogP contribution in [0.15, 0.2) is 29.3 Å². The van der Waals surface area contributed by atoms with Crippen molar-refractivity contribution in [2.45, 2.75) is 39.2 Å². The molecule has 8 nitrogen and oxygen atoms in total. The van der Waals surface area contributed by atoms with E-state index < -0.39 is 10.0 Å². The highest BCUT2D eigenvalue weighted by Gasteiger charge is 2.20.